The lowest BCUT2D eigenvalue weighted by molar-refractivity contribution is 0.0784. The van der Waals surface area contributed by atoms with Crippen LogP contribution in [0.25, 0.3) is 0 Å². The molecule has 8 nitrogen and oxygen atoms in total. The predicted molar refractivity (Wildman–Crippen MR) is 129 cm³/mol. The van der Waals surface area contributed by atoms with Gasteiger partial charge in [0.1, 0.15) is 0 Å². The third-order valence-electron chi connectivity index (χ3n) is 5.91. The topological polar surface area (TPSA) is 101 Å². The van der Waals surface area contributed by atoms with Crippen molar-refractivity contribution in [2.45, 2.75) is 32.9 Å². The highest BCUT2D eigenvalue weighted by Crippen LogP contribution is 2.27. The minimum atomic E-state index is -3.01. The molecule has 0 spiro atoms. The summed E-state index contributed by atoms with van der Waals surface area (Å²) in [5, 5.41) is 9.24. The molecule has 1 aliphatic rings. The molecular weight excluding hydrogens is 460 g/mol. The average Bonchev–Trinajstić information content (AvgIpc) is 3.50. The molecular formula is C23H26N4O4S2. The summed E-state index contributed by atoms with van der Waals surface area (Å²) in [7, 11) is -1.28. The van der Waals surface area contributed by atoms with Crippen LogP contribution in [0.15, 0.2) is 41.8 Å². The van der Waals surface area contributed by atoms with Crippen LogP contribution in [-0.4, -0.2) is 53.5 Å². The molecule has 4 rings (SSSR count). The molecule has 3 heterocycles. The van der Waals surface area contributed by atoms with Crippen molar-refractivity contribution in [1.82, 2.24) is 14.7 Å². The molecule has 174 valence electrons. The van der Waals surface area contributed by atoms with E-state index in [-0.39, 0.29) is 29.4 Å². The smallest absolute Gasteiger partial charge is 0.265 e. The SMILES string of the molecule is Cc1nn([C@H]2CCS(=O)(=O)C2)c(C)c1CN(C)C(=O)c1ccc(NC(=O)c2cccs2)cc1. The number of sulfone groups is 1. The molecule has 2 aromatic heterocycles. The van der Waals surface area contributed by atoms with Crippen molar-refractivity contribution in [2.75, 3.05) is 23.9 Å². The number of rotatable bonds is 6. The third-order valence-corrected chi connectivity index (χ3v) is 8.52. The predicted octanol–water partition coefficient (Wildman–Crippen LogP) is 3.45. The fraction of sp³-hybridized carbons (Fsp3) is 0.348. The van der Waals surface area contributed by atoms with Gasteiger partial charge >= 0.3 is 0 Å². The zero-order chi connectivity index (χ0) is 23.8. The van der Waals surface area contributed by atoms with Crippen molar-refractivity contribution < 1.29 is 18.0 Å². The zero-order valence-electron chi connectivity index (χ0n) is 18.7. The number of nitrogens with one attached hydrogen (secondary N) is 1. The molecule has 1 aliphatic heterocycles. The summed E-state index contributed by atoms with van der Waals surface area (Å²) >= 11 is 1.37. The van der Waals surface area contributed by atoms with Gasteiger partial charge in [0, 0.05) is 36.1 Å². The molecule has 33 heavy (non-hydrogen) atoms. The van der Waals surface area contributed by atoms with Gasteiger partial charge in [-0.2, -0.15) is 5.10 Å². The van der Waals surface area contributed by atoms with Crippen molar-refractivity contribution in [3.05, 3.63) is 69.2 Å². The third kappa shape index (κ3) is 5.01. The Morgan fingerprint density at radius 3 is 2.55 bits per heavy atom. The second kappa shape index (κ2) is 9.11. The molecule has 0 radical (unpaired) electrons. The number of thiophene rings is 1. The number of carbonyl (C=O) groups excluding carboxylic acids is 2. The maximum absolute atomic E-state index is 13.0. The van der Waals surface area contributed by atoms with Crippen molar-refractivity contribution in [1.29, 1.82) is 0 Å². The number of aryl methyl sites for hydroxylation is 1. The van der Waals surface area contributed by atoms with Gasteiger partial charge in [0.05, 0.1) is 28.1 Å². The summed E-state index contributed by atoms with van der Waals surface area (Å²) in [6.45, 7) is 4.17. The molecule has 1 saturated heterocycles. The number of amides is 2. The molecule has 0 saturated carbocycles. The van der Waals surface area contributed by atoms with Gasteiger partial charge in [0.2, 0.25) is 0 Å². The van der Waals surface area contributed by atoms with Gasteiger partial charge in [0.25, 0.3) is 11.8 Å². The quantitative estimate of drug-likeness (QED) is 0.575. The number of benzene rings is 1. The van der Waals surface area contributed by atoms with Crippen LogP contribution in [0.4, 0.5) is 5.69 Å². The van der Waals surface area contributed by atoms with E-state index in [1.54, 1.807) is 47.0 Å². The minimum absolute atomic E-state index is 0.110. The van der Waals surface area contributed by atoms with E-state index in [9.17, 15) is 18.0 Å². The minimum Gasteiger partial charge on any atom is -0.337 e. The van der Waals surface area contributed by atoms with Gasteiger partial charge in [-0.15, -0.1) is 11.3 Å². The maximum Gasteiger partial charge on any atom is 0.265 e. The van der Waals surface area contributed by atoms with Gasteiger partial charge < -0.3 is 10.2 Å². The van der Waals surface area contributed by atoms with Crippen molar-refractivity contribution in [2.24, 2.45) is 0 Å². The van der Waals surface area contributed by atoms with E-state index in [1.807, 2.05) is 25.3 Å². The fourth-order valence-corrected chi connectivity index (χ4v) is 6.39. The summed E-state index contributed by atoms with van der Waals surface area (Å²) in [5.74, 6) is -0.0353. The molecule has 0 aliphatic carbocycles. The van der Waals surface area contributed by atoms with Crippen LogP contribution in [0, 0.1) is 13.8 Å². The molecule has 10 heteroatoms. The molecule has 3 aromatic rings. The zero-order valence-corrected chi connectivity index (χ0v) is 20.4. The van der Waals surface area contributed by atoms with Gasteiger partial charge in [0.15, 0.2) is 9.84 Å². The largest absolute Gasteiger partial charge is 0.337 e. The highest BCUT2D eigenvalue weighted by Gasteiger charge is 2.31. The molecule has 1 N–H and O–H groups in total. The van der Waals surface area contributed by atoms with Crippen LogP contribution in [-0.2, 0) is 16.4 Å². The molecule has 2 amide bonds. The van der Waals surface area contributed by atoms with Crippen LogP contribution in [0.2, 0.25) is 0 Å². The van der Waals surface area contributed by atoms with Crippen molar-refractivity contribution in [3.63, 3.8) is 0 Å². The first-order chi connectivity index (χ1) is 15.6. The van der Waals surface area contributed by atoms with Crippen molar-refractivity contribution >= 4 is 38.7 Å². The van der Waals surface area contributed by atoms with Gasteiger partial charge in [-0.3, -0.25) is 14.3 Å². The van der Waals surface area contributed by atoms with Crippen LogP contribution in [0.5, 0.6) is 0 Å². The monoisotopic (exact) mass is 486 g/mol. The Hall–Kier alpha value is -2.98. The number of anilines is 1. The van der Waals surface area contributed by atoms with E-state index in [1.165, 1.54) is 11.3 Å². The Morgan fingerprint density at radius 2 is 1.94 bits per heavy atom. The first kappa shape index (κ1) is 23.2. The lowest BCUT2D eigenvalue weighted by Gasteiger charge is -2.18. The number of aromatic nitrogens is 2. The molecule has 0 unspecified atom stereocenters. The summed E-state index contributed by atoms with van der Waals surface area (Å²) in [6.07, 6.45) is 0.563. The van der Waals surface area contributed by atoms with Crippen LogP contribution < -0.4 is 5.32 Å². The molecule has 0 bridgehead atoms. The Labute approximate surface area is 197 Å². The Bertz CT molecular complexity index is 1280. The van der Waals surface area contributed by atoms with Crippen molar-refractivity contribution in [3.8, 4) is 0 Å². The molecule has 1 atom stereocenters. The van der Waals surface area contributed by atoms with Gasteiger partial charge in [-0.25, -0.2) is 8.42 Å². The fourth-order valence-electron chi connectivity index (χ4n) is 4.08. The van der Waals surface area contributed by atoms with E-state index in [4.69, 9.17) is 0 Å². The van der Waals surface area contributed by atoms with E-state index in [0.717, 1.165) is 17.0 Å². The Morgan fingerprint density at radius 1 is 1.21 bits per heavy atom. The highest BCUT2D eigenvalue weighted by molar-refractivity contribution is 7.91. The lowest BCUT2D eigenvalue weighted by atomic mass is 10.1. The second-order valence-electron chi connectivity index (χ2n) is 8.32. The average molecular weight is 487 g/mol. The Kier molecular flexibility index (Phi) is 6.40. The summed E-state index contributed by atoms with van der Waals surface area (Å²) in [6, 6.07) is 10.2. The second-order valence-corrected chi connectivity index (χ2v) is 11.5. The van der Waals surface area contributed by atoms with E-state index >= 15 is 0 Å². The highest BCUT2D eigenvalue weighted by atomic mass is 32.2. The first-order valence-corrected chi connectivity index (χ1v) is 13.3. The number of carbonyl (C=O) groups is 2. The number of nitrogens with zero attached hydrogens (tertiary/aromatic N) is 3. The van der Waals surface area contributed by atoms with Gasteiger partial charge in [-0.1, -0.05) is 6.07 Å². The van der Waals surface area contributed by atoms with Crippen LogP contribution >= 0.6 is 11.3 Å². The molecule has 1 aromatic carbocycles. The summed E-state index contributed by atoms with van der Waals surface area (Å²) in [5.41, 5.74) is 3.74. The van der Waals surface area contributed by atoms with E-state index < -0.39 is 9.84 Å². The van der Waals surface area contributed by atoms with E-state index in [2.05, 4.69) is 10.4 Å². The van der Waals surface area contributed by atoms with Gasteiger partial charge in [-0.05, 0) is 56.0 Å². The van der Waals surface area contributed by atoms with Crippen LogP contribution in [0.3, 0.4) is 0 Å². The van der Waals surface area contributed by atoms with E-state index in [0.29, 0.717) is 29.1 Å². The lowest BCUT2D eigenvalue weighted by Crippen LogP contribution is -2.26. The summed E-state index contributed by atoms with van der Waals surface area (Å²) in [4.78, 5) is 27.4. The normalized spacial score (nSPS) is 17.1. The Balaban J connectivity index is 1.43. The van der Waals surface area contributed by atoms with Crippen LogP contribution in [0.1, 0.15) is 49.4 Å². The summed E-state index contributed by atoms with van der Waals surface area (Å²) < 4.78 is 25.5. The first-order valence-electron chi connectivity index (χ1n) is 10.6. The molecule has 1 fully saturated rings. The maximum atomic E-state index is 13.0. The number of hydrogen-bond acceptors (Lipinski definition) is 6. The standard InChI is InChI=1S/C23H26N4O4S2/c1-15-20(16(2)27(25-15)19-10-12-33(30,31)14-19)13-26(3)23(29)17-6-8-18(9-7-17)24-22(28)21-5-4-11-32-21/h4-9,11,19H,10,12-14H2,1-3H3,(H,24,28)/t19-/m0/s1. The number of hydrogen-bond donors (Lipinski definition) is 1.